The highest BCUT2D eigenvalue weighted by Crippen LogP contribution is 2.18. The zero-order valence-electron chi connectivity index (χ0n) is 9.66. The van der Waals surface area contributed by atoms with Crippen molar-refractivity contribution in [3.63, 3.8) is 0 Å². The molecule has 0 saturated heterocycles. The van der Waals surface area contributed by atoms with Crippen molar-refractivity contribution in [1.29, 1.82) is 0 Å². The first-order chi connectivity index (χ1) is 8.09. The average Bonchev–Trinajstić information content (AvgIpc) is 2.81. The zero-order chi connectivity index (χ0) is 12.4. The molecule has 0 saturated carbocycles. The molecule has 88 valence electrons. The van der Waals surface area contributed by atoms with Gasteiger partial charge in [-0.05, 0) is 18.2 Å². The van der Waals surface area contributed by atoms with Gasteiger partial charge in [-0.2, -0.15) is 5.10 Å². The van der Waals surface area contributed by atoms with Gasteiger partial charge in [0.05, 0.1) is 11.3 Å². The van der Waals surface area contributed by atoms with Crippen molar-refractivity contribution >= 4 is 11.6 Å². The van der Waals surface area contributed by atoms with Gasteiger partial charge in [0, 0.05) is 19.8 Å². The molecule has 2 rings (SSSR count). The Hall–Kier alpha value is -2.37. The van der Waals surface area contributed by atoms with Gasteiger partial charge in [0.1, 0.15) is 12.7 Å². The van der Waals surface area contributed by atoms with Crippen LogP contribution < -0.4 is 5.73 Å². The number of rotatable bonds is 2. The summed E-state index contributed by atoms with van der Waals surface area (Å²) in [7, 11) is 3.40. The van der Waals surface area contributed by atoms with Crippen LogP contribution in [0.25, 0.3) is 5.69 Å². The normalized spacial score (nSPS) is 10.2. The molecule has 1 aromatic heterocycles. The van der Waals surface area contributed by atoms with E-state index in [1.807, 2.05) is 0 Å². The summed E-state index contributed by atoms with van der Waals surface area (Å²) in [5.74, 6) is -0.101. The molecule has 1 amide bonds. The molecule has 1 heterocycles. The summed E-state index contributed by atoms with van der Waals surface area (Å²) in [5, 5.41) is 4.01. The smallest absolute Gasteiger partial charge is 0.255 e. The monoisotopic (exact) mass is 231 g/mol. The highest BCUT2D eigenvalue weighted by atomic mass is 16.2. The van der Waals surface area contributed by atoms with Gasteiger partial charge in [-0.15, -0.1) is 0 Å². The first kappa shape index (κ1) is 11.1. The van der Waals surface area contributed by atoms with Crippen LogP contribution >= 0.6 is 0 Å². The molecule has 2 aromatic rings. The lowest BCUT2D eigenvalue weighted by atomic mass is 10.1. The lowest BCUT2D eigenvalue weighted by Gasteiger charge is -2.14. The molecule has 0 unspecified atom stereocenters. The molecule has 17 heavy (non-hydrogen) atoms. The number of carbonyl (C=O) groups excluding carboxylic acids is 1. The van der Waals surface area contributed by atoms with E-state index in [0.717, 1.165) is 0 Å². The Morgan fingerprint density at radius 3 is 2.76 bits per heavy atom. The van der Waals surface area contributed by atoms with E-state index in [-0.39, 0.29) is 5.91 Å². The number of nitrogens with zero attached hydrogens (tertiary/aromatic N) is 4. The number of nitrogens with two attached hydrogens (primary N) is 1. The third kappa shape index (κ3) is 2.10. The predicted octanol–water partition coefficient (Wildman–Crippen LogP) is 0.551. The van der Waals surface area contributed by atoms with Crippen LogP contribution in [0.2, 0.25) is 0 Å². The van der Waals surface area contributed by atoms with Crippen molar-refractivity contribution in [3.05, 3.63) is 36.4 Å². The Labute approximate surface area is 98.7 Å². The lowest BCUT2D eigenvalue weighted by molar-refractivity contribution is 0.0827. The van der Waals surface area contributed by atoms with E-state index in [0.29, 0.717) is 16.9 Å². The van der Waals surface area contributed by atoms with Gasteiger partial charge in [-0.3, -0.25) is 4.79 Å². The van der Waals surface area contributed by atoms with Crippen LogP contribution in [0.4, 0.5) is 5.69 Å². The zero-order valence-corrected chi connectivity index (χ0v) is 9.66. The van der Waals surface area contributed by atoms with E-state index in [1.54, 1.807) is 32.3 Å². The highest BCUT2D eigenvalue weighted by Gasteiger charge is 2.15. The fourth-order valence-corrected chi connectivity index (χ4v) is 1.49. The Balaban J connectivity index is 2.56. The second-order valence-corrected chi connectivity index (χ2v) is 3.82. The van der Waals surface area contributed by atoms with E-state index in [2.05, 4.69) is 10.1 Å². The number of anilines is 1. The number of nitrogen functional groups attached to an aromatic ring is 1. The maximum Gasteiger partial charge on any atom is 0.255 e. The summed E-state index contributed by atoms with van der Waals surface area (Å²) in [6, 6.07) is 5.08. The standard InChI is InChI=1S/C11H13N5O/c1-15(2)11(17)9-4-3-8(12)5-10(9)16-7-13-6-14-16/h3-7H,12H2,1-2H3. The van der Waals surface area contributed by atoms with E-state index in [1.165, 1.54) is 22.2 Å². The fourth-order valence-electron chi connectivity index (χ4n) is 1.49. The number of amides is 1. The summed E-state index contributed by atoms with van der Waals surface area (Å²) < 4.78 is 1.52. The molecule has 0 aliphatic rings. The van der Waals surface area contributed by atoms with Crippen LogP contribution in [-0.4, -0.2) is 39.7 Å². The molecule has 0 atom stereocenters. The van der Waals surface area contributed by atoms with Gasteiger partial charge in [0.2, 0.25) is 0 Å². The van der Waals surface area contributed by atoms with Crippen molar-refractivity contribution in [2.45, 2.75) is 0 Å². The van der Waals surface area contributed by atoms with E-state index >= 15 is 0 Å². The van der Waals surface area contributed by atoms with E-state index in [4.69, 9.17) is 5.73 Å². The van der Waals surface area contributed by atoms with Gasteiger partial charge < -0.3 is 10.6 Å². The van der Waals surface area contributed by atoms with Crippen LogP contribution in [0.1, 0.15) is 10.4 Å². The molecule has 0 radical (unpaired) electrons. The molecule has 0 spiro atoms. The number of hydrogen-bond donors (Lipinski definition) is 1. The Bertz CT molecular complexity index is 533. The van der Waals surface area contributed by atoms with E-state index < -0.39 is 0 Å². The van der Waals surface area contributed by atoms with Crippen molar-refractivity contribution in [3.8, 4) is 5.69 Å². The van der Waals surface area contributed by atoms with E-state index in [9.17, 15) is 4.79 Å². The Morgan fingerprint density at radius 2 is 2.18 bits per heavy atom. The minimum atomic E-state index is -0.101. The first-order valence-corrected chi connectivity index (χ1v) is 5.06. The predicted molar refractivity (Wildman–Crippen MR) is 63.8 cm³/mol. The molecule has 1 aromatic carbocycles. The second-order valence-electron chi connectivity index (χ2n) is 3.82. The van der Waals surface area contributed by atoms with Crippen LogP contribution in [-0.2, 0) is 0 Å². The van der Waals surface area contributed by atoms with Crippen molar-refractivity contribution < 1.29 is 4.79 Å². The number of benzene rings is 1. The van der Waals surface area contributed by atoms with Gasteiger partial charge >= 0.3 is 0 Å². The summed E-state index contributed by atoms with van der Waals surface area (Å²) in [6.07, 6.45) is 2.94. The van der Waals surface area contributed by atoms with Crippen molar-refractivity contribution in [2.24, 2.45) is 0 Å². The van der Waals surface area contributed by atoms with Gasteiger partial charge in [-0.25, -0.2) is 9.67 Å². The molecule has 0 aliphatic heterocycles. The third-order valence-electron chi connectivity index (χ3n) is 2.32. The molecule has 0 bridgehead atoms. The highest BCUT2D eigenvalue weighted by molar-refractivity contribution is 5.98. The average molecular weight is 231 g/mol. The quantitative estimate of drug-likeness (QED) is 0.766. The minimum absolute atomic E-state index is 0.101. The van der Waals surface area contributed by atoms with Crippen LogP contribution in [0.15, 0.2) is 30.9 Å². The maximum absolute atomic E-state index is 12.0. The van der Waals surface area contributed by atoms with Crippen LogP contribution in [0.5, 0.6) is 0 Å². The summed E-state index contributed by atoms with van der Waals surface area (Å²) in [4.78, 5) is 17.4. The first-order valence-electron chi connectivity index (χ1n) is 5.06. The largest absolute Gasteiger partial charge is 0.399 e. The van der Waals surface area contributed by atoms with Gasteiger partial charge in [0.15, 0.2) is 0 Å². The topological polar surface area (TPSA) is 77.0 Å². The van der Waals surface area contributed by atoms with Crippen LogP contribution in [0.3, 0.4) is 0 Å². The molecule has 2 N–H and O–H groups in total. The van der Waals surface area contributed by atoms with Gasteiger partial charge in [-0.1, -0.05) is 0 Å². The Kier molecular flexibility index (Phi) is 2.78. The molecule has 6 nitrogen and oxygen atoms in total. The maximum atomic E-state index is 12.0. The number of aromatic nitrogens is 3. The summed E-state index contributed by atoms with van der Waals surface area (Å²) >= 11 is 0. The second kappa shape index (κ2) is 4.25. The summed E-state index contributed by atoms with van der Waals surface area (Å²) in [6.45, 7) is 0. The number of hydrogen-bond acceptors (Lipinski definition) is 4. The Morgan fingerprint density at radius 1 is 1.41 bits per heavy atom. The summed E-state index contributed by atoms with van der Waals surface area (Å²) in [5.41, 5.74) is 7.46. The van der Waals surface area contributed by atoms with Crippen molar-refractivity contribution in [2.75, 3.05) is 19.8 Å². The van der Waals surface area contributed by atoms with Crippen molar-refractivity contribution in [1.82, 2.24) is 19.7 Å². The SMILES string of the molecule is CN(C)C(=O)c1ccc(N)cc1-n1cncn1. The van der Waals surface area contributed by atoms with Gasteiger partial charge in [0.25, 0.3) is 5.91 Å². The molecule has 6 heteroatoms. The molecule has 0 fully saturated rings. The number of carbonyl (C=O) groups is 1. The lowest BCUT2D eigenvalue weighted by Crippen LogP contribution is -2.23. The fraction of sp³-hybridized carbons (Fsp3) is 0.182. The molecular weight excluding hydrogens is 218 g/mol. The van der Waals surface area contributed by atoms with Crippen LogP contribution in [0, 0.1) is 0 Å². The molecular formula is C11H13N5O. The third-order valence-corrected chi connectivity index (χ3v) is 2.32. The minimum Gasteiger partial charge on any atom is -0.399 e. The molecule has 0 aliphatic carbocycles.